The molecule has 4 heterocycles. The number of benzene rings is 2. The lowest BCUT2D eigenvalue weighted by Gasteiger charge is -2.29. The Hall–Kier alpha value is -4.26. The number of rotatable bonds is 7. The number of carbonyl (C=O) groups is 2. The highest BCUT2D eigenvalue weighted by molar-refractivity contribution is 7.08. The number of halogens is 1. The Morgan fingerprint density at radius 1 is 1.15 bits per heavy atom. The highest BCUT2D eigenvalue weighted by Gasteiger charge is 2.44. The molecule has 7 nitrogen and oxygen atoms in total. The maximum Gasteiger partial charge on any atom is 0.237 e. The van der Waals surface area contributed by atoms with Crippen LogP contribution in [0.15, 0.2) is 65.4 Å². The lowest BCUT2D eigenvalue weighted by Crippen LogP contribution is -2.43. The minimum absolute atomic E-state index is 0.0706. The van der Waals surface area contributed by atoms with E-state index in [0.717, 1.165) is 22.9 Å². The van der Waals surface area contributed by atoms with E-state index in [-0.39, 0.29) is 30.6 Å². The number of carbonyl (C=O) groups excluding carboxylic acids is 2. The number of H-pyrrole nitrogens is 1. The van der Waals surface area contributed by atoms with Gasteiger partial charge in [-0.1, -0.05) is 6.08 Å². The molecule has 1 saturated heterocycles. The van der Waals surface area contributed by atoms with Gasteiger partial charge in [0.05, 0.1) is 23.2 Å². The summed E-state index contributed by atoms with van der Waals surface area (Å²) in [6.07, 6.45) is 9.58. The number of terminal acetylenes is 1. The number of fused-ring (bicyclic) bond motifs is 1. The van der Waals surface area contributed by atoms with Crippen molar-refractivity contribution in [3.63, 3.8) is 0 Å². The SMILES string of the molecule is C#CCC1(C(=O)Nc2ccc3[nH]nc(-c4ccc(F)cc4)c3c2)CCN(CC(=O)N2CC=C(c3ccsc3)CC2)C1. The van der Waals surface area contributed by atoms with Crippen molar-refractivity contribution < 1.29 is 14.0 Å². The fourth-order valence-electron chi connectivity index (χ4n) is 5.78. The van der Waals surface area contributed by atoms with E-state index >= 15 is 0 Å². The Kier molecular flexibility index (Phi) is 7.43. The van der Waals surface area contributed by atoms with Gasteiger partial charge in [0.25, 0.3) is 0 Å². The zero-order valence-corrected chi connectivity index (χ0v) is 23.3. The molecule has 1 atom stereocenters. The van der Waals surface area contributed by atoms with Crippen molar-refractivity contribution in [2.75, 3.05) is 38.0 Å². The molecule has 41 heavy (non-hydrogen) atoms. The zero-order chi connectivity index (χ0) is 28.4. The fraction of sp³-hybridized carbons (Fsp3) is 0.281. The van der Waals surface area contributed by atoms with Crippen molar-refractivity contribution in [1.82, 2.24) is 20.0 Å². The molecule has 9 heteroatoms. The van der Waals surface area contributed by atoms with Crippen LogP contribution in [0.5, 0.6) is 0 Å². The first kappa shape index (κ1) is 26.9. The Morgan fingerprint density at radius 2 is 2.00 bits per heavy atom. The summed E-state index contributed by atoms with van der Waals surface area (Å²) in [4.78, 5) is 30.7. The monoisotopic (exact) mass is 567 g/mol. The molecule has 2 aromatic heterocycles. The molecule has 2 N–H and O–H groups in total. The highest BCUT2D eigenvalue weighted by Crippen LogP contribution is 2.36. The third kappa shape index (κ3) is 5.53. The van der Waals surface area contributed by atoms with E-state index in [4.69, 9.17) is 6.42 Å². The highest BCUT2D eigenvalue weighted by atomic mass is 32.1. The summed E-state index contributed by atoms with van der Waals surface area (Å²) in [5.74, 6) is 2.30. The molecule has 0 saturated carbocycles. The molecule has 0 aliphatic carbocycles. The predicted molar refractivity (Wildman–Crippen MR) is 161 cm³/mol. The van der Waals surface area contributed by atoms with E-state index < -0.39 is 5.41 Å². The number of likely N-dealkylation sites (tertiary alicyclic amines) is 1. The molecule has 4 aromatic rings. The molecule has 0 radical (unpaired) electrons. The zero-order valence-electron chi connectivity index (χ0n) is 22.5. The first-order valence-corrected chi connectivity index (χ1v) is 14.6. The van der Waals surface area contributed by atoms with Crippen molar-refractivity contribution in [1.29, 1.82) is 0 Å². The van der Waals surface area contributed by atoms with E-state index in [9.17, 15) is 14.0 Å². The lowest BCUT2D eigenvalue weighted by atomic mass is 9.82. The first-order valence-electron chi connectivity index (χ1n) is 13.6. The van der Waals surface area contributed by atoms with Crippen LogP contribution < -0.4 is 5.32 Å². The normalized spacial score (nSPS) is 19.2. The second-order valence-corrected chi connectivity index (χ2v) is 11.5. The van der Waals surface area contributed by atoms with Gasteiger partial charge >= 0.3 is 0 Å². The lowest BCUT2D eigenvalue weighted by molar-refractivity contribution is -0.132. The van der Waals surface area contributed by atoms with Crippen LogP contribution in [0, 0.1) is 23.6 Å². The molecule has 208 valence electrons. The molecular weight excluding hydrogens is 537 g/mol. The topological polar surface area (TPSA) is 81.3 Å². The van der Waals surface area contributed by atoms with Gasteiger partial charge in [-0.25, -0.2) is 4.39 Å². The quantitative estimate of drug-likeness (QED) is 0.293. The number of hydrogen-bond donors (Lipinski definition) is 2. The predicted octanol–water partition coefficient (Wildman–Crippen LogP) is 5.40. The van der Waals surface area contributed by atoms with E-state index in [1.165, 1.54) is 23.3 Å². The number of aromatic amines is 1. The summed E-state index contributed by atoms with van der Waals surface area (Å²) in [5, 5.41) is 15.5. The Labute approximate surface area is 242 Å². The van der Waals surface area contributed by atoms with Crippen LogP contribution in [0.25, 0.3) is 27.7 Å². The van der Waals surface area contributed by atoms with Crippen molar-refractivity contribution >= 4 is 45.3 Å². The molecule has 1 fully saturated rings. The minimum atomic E-state index is -0.784. The molecule has 2 amide bonds. The van der Waals surface area contributed by atoms with Crippen LogP contribution >= 0.6 is 11.3 Å². The van der Waals surface area contributed by atoms with E-state index in [2.05, 4.69) is 44.3 Å². The Balaban J connectivity index is 1.12. The van der Waals surface area contributed by atoms with Crippen LogP contribution in [0.4, 0.5) is 10.1 Å². The van der Waals surface area contributed by atoms with Gasteiger partial charge in [0.2, 0.25) is 11.8 Å². The number of nitrogens with zero attached hydrogens (tertiary/aromatic N) is 3. The summed E-state index contributed by atoms with van der Waals surface area (Å²) >= 11 is 1.68. The summed E-state index contributed by atoms with van der Waals surface area (Å²) < 4.78 is 13.4. The van der Waals surface area contributed by atoms with Crippen LogP contribution in [-0.4, -0.2) is 64.5 Å². The van der Waals surface area contributed by atoms with Gasteiger partial charge in [-0.15, -0.1) is 12.3 Å². The Bertz CT molecular complexity index is 1650. The summed E-state index contributed by atoms with van der Waals surface area (Å²) in [6.45, 7) is 2.61. The average molecular weight is 568 g/mol. The van der Waals surface area contributed by atoms with Crippen LogP contribution in [-0.2, 0) is 9.59 Å². The second kappa shape index (κ2) is 11.3. The molecule has 0 spiro atoms. The maximum atomic E-state index is 13.7. The molecule has 2 aromatic carbocycles. The van der Waals surface area contributed by atoms with E-state index in [0.29, 0.717) is 44.0 Å². The van der Waals surface area contributed by atoms with Gasteiger partial charge in [-0.3, -0.25) is 19.6 Å². The molecule has 0 bridgehead atoms. The van der Waals surface area contributed by atoms with Gasteiger partial charge in [0.15, 0.2) is 0 Å². The van der Waals surface area contributed by atoms with Gasteiger partial charge in [-0.05, 0) is 89.8 Å². The average Bonchev–Trinajstić information content (AvgIpc) is 3.75. The number of amides is 2. The molecule has 2 aliphatic heterocycles. The standard InChI is InChI=1S/C32H30FN5O2S/c1-2-12-32(13-16-37(21-32)19-29(39)38-14-9-22(10-15-38)24-11-17-41-20-24)31(40)34-26-7-8-28-27(18-26)30(36-35-28)23-3-5-25(33)6-4-23/h1,3-9,11,17-18,20H,10,12-16,19,21H2,(H,34,40)(H,35,36). The van der Waals surface area contributed by atoms with Gasteiger partial charge in [0.1, 0.15) is 5.82 Å². The molecule has 1 unspecified atom stereocenters. The summed E-state index contributed by atoms with van der Waals surface area (Å²) in [6, 6.07) is 13.8. The van der Waals surface area contributed by atoms with Crippen LogP contribution in [0.1, 0.15) is 24.8 Å². The first-order chi connectivity index (χ1) is 19.9. The minimum Gasteiger partial charge on any atom is -0.338 e. The number of aromatic nitrogens is 2. The number of hydrogen-bond acceptors (Lipinski definition) is 5. The van der Waals surface area contributed by atoms with E-state index in [1.807, 2.05) is 28.0 Å². The molecule has 2 aliphatic rings. The number of thiophene rings is 1. The molecular formula is C32H30FN5O2S. The third-order valence-electron chi connectivity index (χ3n) is 8.11. The van der Waals surface area contributed by atoms with Crippen molar-refractivity contribution in [3.05, 3.63) is 76.7 Å². The van der Waals surface area contributed by atoms with Gasteiger partial charge in [-0.2, -0.15) is 16.4 Å². The summed E-state index contributed by atoms with van der Waals surface area (Å²) in [5.41, 5.74) is 4.63. The van der Waals surface area contributed by atoms with Crippen LogP contribution in [0.3, 0.4) is 0 Å². The fourth-order valence-corrected chi connectivity index (χ4v) is 6.46. The third-order valence-corrected chi connectivity index (χ3v) is 8.79. The molecule has 6 rings (SSSR count). The largest absolute Gasteiger partial charge is 0.338 e. The van der Waals surface area contributed by atoms with E-state index in [1.54, 1.807) is 23.5 Å². The number of nitrogens with one attached hydrogen (secondary N) is 2. The Morgan fingerprint density at radius 3 is 2.73 bits per heavy atom. The van der Waals surface area contributed by atoms with Gasteiger partial charge < -0.3 is 10.2 Å². The van der Waals surface area contributed by atoms with Crippen molar-refractivity contribution in [2.24, 2.45) is 5.41 Å². The van der Waals surface area contributed by atoms with Crippen LogP contribution in [0.2, 0.25) is 0 Å². The summed E-state index contributed by atoms with van der Waals surface area (Å²) in [7, 11) is 0. The second-order valence-electron chi connectivity index (χ2n) is 10.7. The maximum absolute atomic E-state index is 13.7. The number of anilines is 1. The smallest absolute Gasteiger partial charge is 0.237 e. The van der Waals surface area contributed by atoms with Gasteiger partial charge in [0, 0.05) is 42.7 Å². The van der Waals surface area contributed by atoms with Crippen molar-refractivity contribution in [3.8, 4) is 23.6 Å². The van der Waals surface area contributed by atoms with Crippen molar-refractivity contribution in [2.45, 2.75) is 19.3 Å².